The van der Waals surface area contributed by atoms with E-state index in [2.05, 4.69) is 10.6 Å². The Labute approximate surface area is 136 Å². The van der Waals surface area contributed by atoms with Gasteiger partial charge in [-0.05, 0) is 24.3 Å². The highest BCUT2D eigenvalue weighted by Gasteiger charge is 2.08. The fraction of sp³-hybridized carbons (Fsp3) is 0.200. The highest BCUT2D eigenvalue weighted by molar-refractivity contribution is 5.91. The molecule has 0 spiro atoms. The fourth-order valence-electron chi connectivity index (χ4n) is 1.74. The minimum absolute atomic E-state index is 0.0564. The molecule has 1 aromatic heterocycles. The molecule has 2 aromatic rings. The van der Waals surface area contributed by atoms with E-state index in [0.29, 0.717) is 5.75 Å². The topological polar surface area (TPSA) is 124 Å². The number of amides is 2. The number of non-ortho nitro benzene ring substituents is 1. The van der Waals surface area contributed by atoms with Crippen LogP contribution in [0.2, 0.25) is 0 Å². The zero-order valence-corrected chi connectivity index (χ0v) is 12.6. The first-order chi connectivity index (χ1) is 11.6. The first kappa shape index (κ1) is 17.0. The van der Waals surface area contributed by atoms with Gasteiger partial charge < -0.3 is 19.8 Å². The van der Waals surface area contributed by atoms with Crippen LogP contribution in [0.5, 0.6) is 5.75 Å². The molecule has 0 aliphatic rings. The summed E-state index contributed by atoms with van der Waals surface area (Å²) in [5, 5.41) is 15.7. The lowest BCUT2D eigenvalue weighted by molar-refractivity contribution is -0.384. The number of hydrogen-bond donors (Lipinski definition) is 2. The van der Waals surface area contributed by atoms with Gasteiger partial charge in [-0.1, -0.05) is 0 Å². The standard InChI is InChI=1S/C15H15N3O6/c19-14(10-24-12-5-3-11(4-6-12)18(21)22)16-7-8-17-15(20)13-2-1-9-23-13/h1-6,9H,7-8,10H2,(H,16,19)(H,17,20). The maximum atomic E-state index is 11.6. The van der Waals surface area contributed by atoms with Gasteiger partial charge in [0.25, 0.3) is 17.5 Å². The average molecular weight is 333 g/mol. The minimum Gasteiger partial charge on any atom is -0.484 e. The maximum Gasteiger partial charge on any atom is 0.287 e. The number of carbonyl (C=O) groups is 2. The van der Waals surface area contributed by atoms with E-state index in [1.165, 1.54) is 36.6 Å². The summed E-state index contributed by atoms with van der Waals surface area (Å²) in [6.45, 7) is 0.238. The van der Waals surface area contributed by atoms with Gasteiger partial charge in [-0.15, -0.1) is 0 Å². The van der Waals surface area contributed by atoms with E-state index in [4.69, 9.17) is 9.15 Å². The summed E-state index contributed by atoms with van der Waals surface area (Å²) in [6, 6.07) is 8.54. The third-order valence-corrected chi connectivity index (χ3v) is 2.90. The predicted molar refractivity (Wildman–Crippen MR) is 82.6 cm³/mol. The lowest BCUT2D eigenvalue weighted by Crippen LogP contribution is -2.36. The van der Waals surface area contributed by atoms with Crippen molar-refractivity contribution in [2.45, 2.75) is 0 Å². The molecule has 2 amide bonds. The molecule has 126 valence electrons. The molecule has 0 saturated carbocycles. The number of nitrogens with one attached hydrogen (secondary N) is 2. The number of furan rings is 1. The van der Waals surface area contributed by atoms with Crippen LogP contribution in [0.3, 0.4) is 0 Å². The van der Waals surface area contributed by atoms with Crippen molar-refractivity contribution in [1.82, 2.24) is 10.6 Å². The van der Waals surface area contributed by atoms with E-state index < -0.39 is 4.92 Å². The van der Waals surface area contributed by atoms with E-state index in [1.807, 2.05) is 0 Å². The van der Waals surface area contributed by atoms with Crippen LogP contribution in [0.25, 0.3) is 0 Å². The molecule has 0 aliphatic heterocycles. The molecule has 0 radical (unpaired) electrons. The molecule has 24 heavy (non-hydrogen) atoms. The van der Waals surface area contributed by atoms with E-state index >= 15 is 0 Å². The molecule has 0 bridgehead atoms. The molecule has 0 atom stereocenters. The van der Waals surface area contributed by atoms with Crippen molar-refractivity contribution in [3.05, 3.63) is 58.5 Å². The number of carbonyl (C=O) groups excluding carboxylic acids is 2. The summed E-state index contributed by atoms with van der Waals surface area (Å²) in [5.41, 5.74) is -0.0564. The van der Waals surface area contributed by atoms with Crippen LogP contribution >= 0.6 is 0 Å². The van der Waals surface area contributed by atoms with Crippen LogP contribution in [0.15, 0.2) is 47.1 Å². The van der Waals surface area contributed by atoms with E-state index in [0.717, 1.165) is 0 Å². The largest absolute Gasteiger partial charge is 0.484 e. The fourth-order valence-corrected chi connectivity index (χ4v) is 1.74. The SMILES string of the molecule is O=C(COc1ccc([N+](=O)[O-])cc1)NCCNC(=O)c1ccco1. The third-order valence-electron chi connectivity index (χ3n) is 2.90. The highest BCUT2D eigenvalue weighted by Crippen LogP contribution is 2.16. The number of rotatable bonds is 8. The molecule has 9 heteroatoms. The van der Waals surface area contributed by atoms with Crippen molar-refractivity contribution < 1.29 is 23.7 Å². The normalized spacial score (nSPS) is 10.0. The van der Waals surface area contributed by atoms with Crippen molar-refractivity contribution in [3.8, 4) is 5.75 Å². The summed E-state index contributed by atoms with van der Waals surface area (Å²) in [7, 11) is 0. The van der Waals surface area contributed by atoms with E-state index in [-0.39, 0.29) is 43.0 Å². The van der Waals surface area contributed by atoms with E-state index in [9.17, 15) is 19.7 Å². The average Bonchev–Trinajstić information content (AvgIpc) is 3.11. The molecule has 0 saturated heterocycles. The van der Waals surface area contributed by atoms with Gasteiger partial charge in [0, 0.05) is 25.2 Å². The smallest absolute Gasteiger partial charge is 0.287 e. The van der Waals surface area contributed by atoms with Crippen molar-refractivity contribution in [2.24, 2.45) is 0 Å². The summed E-state index contributed by atoms with van der Waals surface area (Å²) in [4.78, 5) is 33.1. The number of benzene rings is 1. The Morgan fingerprint density at radius 2 is 1.83 bits per heavy atom. The van der Waals surface area contributed by atoms with Gasteiger partial charge in [-0.2, -0.15) is 0 Å². The van der Waals surface area contributed by atoms with Crippen LogP contribution < -0.4 is 15.4 Å². The highest BCUT2D eigenvalue weighted by atomic mass is 16.6. The van der Waals surface area contributed by atoms with Crippen LogP contribution in [-0.2, 0) is 4.79 Å². The minimum atomic E-state index is -0.520. The van der Waals surface area contributed by atoms with Crippen molar-refractivity contribution >= 4 is 17.5 Å². The van der Waals surface area contributed by atoms with Crippen LogP contribution in [0.4, 0.5) is 5.69 Å². The zero-order chi connectivity index (χ0) is 17.4. The Balaban J connectivity index is 1.63. The predicted octanol–water partition coefficient (Wildman–Crippen LogP) is 1.11. The summed E-state index contributed by atoms with van der Waals surface area (Å²) in [6.07, 6.45) is 1.40. The maximum absolute atomic E-state index is 11.6. The summed E-state index contributed by atoms with van der Waals surface area (Å²) < 4.78 is 10.1. The Morgan fingerprint density at radius 1 is 1.12 bits per heavy atom. The van der Waals surface area contributed by atoms with Gasteiger partial charge in [0.15, 0.2) is 12.4 Å². The molecule has 1 aromatic carbocycles. The van der Waals surface area contributed by atoms with E-state index in [1.54, 1.807) is 6.07 Å². The zero-order valence-electron chi connectivity index (χ0n) is 12.6. The quantitative estimate of drug-likeness (QED) is 0.424. The molecule has 2 rings (SSSR count). The number of nitrogens with zero attached hydrogens (tertiary/aromatic N) is 1. The molecule has 2 N–H and O–H groups in total. The summed E-state index contributed by atoms with van der Waals surface area (Å²) >= 11 is 0. The molecule has 0 fully saturated rings. The number of hydrogen-bond acceptors (Lipinski definition) is 6. The molecular weight excluding hydrogens is 318 g/mol. The van der Waals surface area contributed by atoms with Crippen LogP contribution in [0.1, 0.15) is 10.6 Å². The second-order valence-electron chi connectivity index (χ2n) is 4.62. The number of ether oxygens (including phenoxy) is 1. The van der Waals surface area contributed by atoms with Gasteiger partial charge in [0.2, 0.25) is 0 Å². The Hall–Kier alpha value is -3.36. The Bertz CT molecular complexity index is 697. The first-order valence-corrected chi connectivity index (χ1v) is 7.02. The second-order valence-corrected chi connectivity index (χ2v) is 4.62. The number of nitro benzene ring substituents is 1. The lowest BCUT2D eigenvalue weighted by atomic mass is 10.3. The second kappa shape index (κ2) is 8.32. The Morgan fingerprint density at radius 3 is 2.46 bits per heavy atom. The van der Waals surface area contributed by atoms with Crippen molar-refractivity contribution in [2.75, 3.05) is 19.7 Å². The lowest BCUT2D eigenvalue weighted by Gasteiger charge is -2.08. The molecular formula is C15H15N3O6. The number of nitro groups is 1. The monoisotopic (exact) mass is 333 g/mol. The van der Waals surface area contributed by atoms with Crippen molar-refractivity contribution in [3.63, 3.8) is 0 Å². The van der Waals surface area contributed by atoms with Gasteiger partial charge in [0.1, 0.15) is 5.75 Å². The van der Waals surface area contributed by atoms with Crippen molar-refractivity contribution in [1.29, 1.82) is 0 Å². The molecule has 0 unspecified atom stereocenters. The Kier molecular flexibility index (Phi) is 5.89. The van der Waals surface area contributed by atoms with Gasteiger partial charge >= 0.3 is 0 Å². The van der Waals surface area contributed by atoms with Crippen LogP contribution in [-0.4, -0.2) is 36.4 Å². The summed E-state index contributed by atoms with van der Waals surface area (Å²) in [5.74, 6) is -0.193. The van der Waals surface area contributed by atoms with Gasteiger partial charge in [-0.25, -0.2) is 0 Å². The molecule has 0 aliphatic carbocycles. The van der Waals surface area contributed by atoms with Crippen LogP contribution in [0, 0.1) is 10.1 Å². The van der Waals surface area contributed by atoms with Gasteiger partial charge in [0.05, 0.1) is 11.2 Å². The first-order valence-electron chi connectivity index (χ1n) is 7.02. The van der Waals surface area contributed by atoms with Gasteiger partial charge in [-0.3, -0.25) is 19.7 Å². The third kappa shape index (κ3) is 5.13. The molecule has 9 nitrogen and oxygen atoms in total. The molecule has 1 heterocycles.